The fourth-order valence-corrected chi connectivity index (χ4v) is 20.1. The average Bonchev–Trinajstić information content (AvgIpc) is 1.48. The summed E-state index contributed by atoms with van der Waals surface area (Å²) >= 11 is 0. The normalized spacial score (nSPS) is 17.5. The van der Waals surface area contributed by atoms with Crippen molar-refractivity contribution >= 4 is 99.4 Å². The summed E-state index contributed by atoms with van der Waals surface area (Å²) < 4.78 is 72.4. The largest absolute Gasteiger partial charge is 0.489 e. The van der Waals surface area contributed by atoms with Crippen LogP contribution in [0.3, 0.4) is 0 Å². The summed E-state index contributed by atoms with van der Waals surface area (Å²) in [6.45, 7) is 6.71. The highest BCUT2D eigenvalue weighted by Gasteiger charge is 2.34. The maximum Gasteiger partial charge on any atom is 0.270 e. The molecule has 4 aromatic carbocycles. The minimum Gasteiger partial charge on any atom is -0.489 e. The van der Waals surface area contributed by atoms with Gasteiger partial charge in [0.2, 0.25) is 17.8 Å². The number of benzene rings is 4. The molecule has 5 unspecified atom stereocenters. The fraction of sp³-hybridized carbons (Fsp3) is 0.360. The maximum atomic E-state index is 13.9. The van der Waals surface area contributed by atoms with Gasteiger partial charge in [-0.1, -0.05) is 60.5 Å². The van der Waals surface area contributed by atoms with Gasteiger partial charge in [0.25, 0.3) is 27.4 Å². The van der Waals surface area contributed by atoms with Crippen LogP contribution in [0.1, 0.15) is 115 Å². The van der Waals surface area contributed by atoms with Crippen LogP contribution < -0.4 is 52.7 Å². The van der Waals surface area contributed by atoms with E-state index < -0.39 is 37.0 Å². The Labute approximate surface area is 708 Å². The number of pyridine rings is 3. The molecule has 0 amide bonds. The van der Waals surface area contributed by atoms with Gasteiger partial charge < -0.3 is 45.9 Å². The lowest BCUT2D eigenvalue weighted by atomic mass is 9.91. The van der Waals surface area contributed by atoms with Crippen LogP contribution in [0.15, 0.2) is 199 Å². The van der Waals surface area contributed by atoms with Crippen molar-refractivity contribution in [2.24, 2.45) is 14.1 Å². The second kappa shape index (κ2) is 37.5. The molecule has 6 N–H and O–H groups in total. The first kappa shape index (κ1) is 83.6. The van der Waals surface area contributed by atoms with E-state index in [1.807, 2.05) is 91.0 Å². The third-order valence-corrected chi connectivity index (χ3v) is 27.3. The van der Waals surface area contributed by atoms with Crippen molar-refractivity contribution in [1.82, 2.24) is 94.1 Å². The standard InChI is InChI=1S/C32H34N8O2S.C27H31N9O4S.C27H29N7O3S/c1-38-16-6-7-23(19-38)21-12-14-25(15-13-21)34-32-33-18-24-17-27(22-10-11-22)30(41)40(29(24)35-32)20-28-31(39(2)37-36-28)43(42)26-8-4-3-5-9-26;1-34(2)9-11-41(38,39)24-17-35(3)33-22(24)16-36-25-20(12-19(13-28)26(36)37)14-30-27(32-25)31-21-6-4-18(5-7-21)23-15-29-8-10-40-23;35-24-10-5-18-15-31-27(32-19-6-8-20(9-7-19)37-21-11-12-28-16-21)33-25(18)34(24)17-23-26(30-14-13-29-23)38(36)22-3-1-2-4-22/h3-5,8-9,12-15,17-18,22-23H,6-7,10-11,16,19-20H2,1-2H3,(H,33,34,35,41);4-7,12,14,17,23,29H,8-11,15-16H2,1-3H3,(H,30,31,32);5-10,13-15,21-22,28H,1-4,11-12,16-17H2,(H,31,32,33)/p+1. The number of rotatable bonds is 25. The van der Waals surface area contributed by atoms with Crippen molar-refractivity contribution in [3.63, 3.8) is 0 Å². The summed E-state index contributed by atoms with van der Waals surface area (Å²) in [6.07, 6.45) is 19.1. The minimum atomic E-state index is -3.69. The topological polar surface area (TPSA) is 397 Å². The first-order valence-electron chi connectivity index (χ1n) is 40.8. The van der Waals surface area contributed by atoms with Crippen molar-refractivity contribution in [3.05, 3.63) is 235 Å². The molecule has 5 aliphatic rings. The number of aromatic amines is 1. The summed E-state index contributed by atoms with van der Waals surface area (Å²) in [5.74, 6) is 2.50. The lowest BCUT2D eigenvalue weighted by Crippen LogP contribution is -2.35. The van der Waals surface area contributed by atoms with Gasteiger partial charge in [0.15, 0.2) is 14.9 Å². The SMILES string of the molecule is CN(C)CCS(=O)(=O)c1cn(C)nc1Cn1c(=O)c(C#N)cc2cnc(Nc3ccc(C4CNCCO4)cc3)nc21.CN1CCCC(c2ccc(Nc3ncc4cc(C5CC5)c(=O)n(Cc5n[nH][n+](C)c5S(=O)c5ccccc5)c4n3)cc2)C1.O=c1ccc2cnc(Nc3ccc(OC4CCNC4)cc3)nc2n1Cc1nccnc1S(=O)C1CCCC1. The third-order valence-electron chi connectivity index (χ3n) is 22.2. The molecular weight excluding hydrogens is 1610 g/mol. The molecule has 0 bridgehead atoms. The summed E-state index contributed by atoms with van der Waals surface area (Å²) in [5, 5.41) is 40.6. The van der Waals surface area contributed by atoms with Crippen molar-refractivity contribution in [1.29, 1.82) is 5.26 Å². The van der Waals surface area contributed by atoms with Gasteiger partial charge in [-0.3, -0.25) is 42.0 Å². The molecule has 18 rings (SSSR count). The van der Waals surface area contributed by atoms with Gasteiger partial charge in [0, 0.05) is 137 Å². The van der Waals surface area contributed by atoms with Crippen LogP contribution in [0.5, 0.6) is 5.75 Å². The van der Waals surface area contributed by atoms with Crippen molar-refractivity contribution in [3.8, 4) is 11.8 Å². The summed E-state index contributed by atoms with van der Waals surface area (Å²) in [6, 6.07) is 41.6. The van der Waals surface area contributed by atoms with Crippen molar-refractivity contribution in [2.75, 3.05) is 95.3 Å². The van der Waals surface area contributed by atoms with Gasteiger partial charge in [-0.25, -0.2) is 32.6 Å². The van der Waals surface area contributed by atoms with Gasteiger partial charge in [-0.05, 0) is 181 Å². The number of anilines is 6. The van der Waals surface area contributed by atoms with Crippen LogP contribution in [0.25, 0.3) is 33.1 Å². The van der Waals surface area contributed by atoms with Crippen LogP contribution in [-0.2, 0) is 69.9 Å². The number of nitriles is 1. The predicted octanol–water partition coefficient (Wildman–Crippen LogP) is 8.33. The number of likely N-dealkylation sites (N-methyl/N-ethyl adjacent to an activating group) is 1. The van der Waals surface area contributed by atoms with Gasteiger partial charge in [-0.2, -0.15) is 25.3 Å². The number of fused-ring (bicyclic) bond motifs is 3. The highest BCUT2D eigenvalue weighted by Crippen LogP contribution is 2.40. The number of aromatic nitrogens is 16. The van der Waals surface area contributed by atoms with E-state index in [4.69, 9.17) is 14.5 Å². The number of likely N-dealkylation sites (tertiary alicyclic amines) is 1. The van der Waals surface area contributed by atoms with Crippen LogP contribution in [0.4, 0.5) is 34.9 Å². The Morgan fingerprint density at radius 2 is 1.26 bits per heavy atom. The number of hydrogen-bond donors (Lipinski definition) is 6. The number of nitrogens with one attached hydrogen (secondary N) is 6. The molecule has 9 aromatic heterocycles. The highest BCUT2D eigenvalue weighted by molar-refractivity contribution is 7.91. The van der Waals surface area contributed by atoms with Crippen LogP contribution in [0.2, 0.25) is 0 Å². The quantitative estimate of drug-likeness (QED) is 0.0293. The molecule has 36 heteroatoms. The minimum absolute atomic E-state index is 0.0123. The zero-order chi connectivity index (χ0) is 84.5. The molecule has 2 aliphatic carbocycles. The first-order chi connectivity index (χ1) is 59.2. The zero-order valence-electron chi connectivity index (χ0n) is 68.3. The Hall–Kier alpha value is -12.1. The molecule has 0 spiro atoms. The molecule has 3 aliphatic heterocycles. The molecule has 630 valence electrons. The van der Waals surface area contributed by atoms with Gasteiger partial charge in [0.1, 0.15) is 75.4 Å². The number of hydrogen-bond acceptors (Lipinski definition) is 27. The van der Waals surface area contributed by atoms with Gasteiger partial charge >= 0.3 is 0 Å². The van der Waals surface area contributed by atoms with E-state index in [9.17, 15) is 36.5 Å². The molecule has 12 heterocycles. The summed E-state index contributed by atoms with van der Waals surface area (Å²) in [5.41, 5.74) is 7.00. The van der Waals surface area contributed by atoms with Gasteiger partial charge in [0.05, 0.1) is 48.0 Å². The van der Waals surface area contributed by atoms with E-state index in [-0.39, 0.29) is 87.6 Å². The Morgan fingerprint density at radius 1 is 0.648 bits per heavy atom. The predicted molar refractivity (Wildman–Crippen MR) is 463 cm³/mol. The molecule has 122 heavy (non-hydrogen) atoms. The van der Waals surface area contributed by atoms with E-state index in [1.165, 1.54) is 56.7 Å². The zero-order valence-corrected chi connectivity index (χ0v) is 70.7. The number of piperidine rings is 1. The lowest BCUT2D eigenvalue weighted by molar-refractivity contribution is -0.764. The molecule has 13 aromatic rings. The molecule has 33 nitrogen and oxygen atoms in total. The smallest absolute Gasteiger partial charge is 0.270 e. The maximum absolute atomic E-state index is 13.9. The van der Waals surface area contributed by atoms with Crippen LogP contribution in [-0.4, -0.2) is 191 Å². The van der Waals surface area contributed by atoms with Crippen molar-refractivity contribution in [2.45, 2.75) is 127 Å². The average molecular weight is 1710 g/mol. The van der Waals surface area contributed by atoms with Crippen molar-refractivity contribution < 1.29 is 31.0 Å². The number of sulfone groups is 1. The Bertz CT molecular complexity index is 6360. The monoisotopic (exact) mass is 1700 g/mol. The van der Waals surface area contributed by atoms with E-state index in [0.717, 1.165) is 124 Å². The molecule has 0 radical (unpaired) electrons. The molecule has 5 fully saturated rings. The second-order valence-corrected chi connectivity index (χ2v) is 36.5. The van der Waals surface area contributed by atoms with Crippen LogP contribution >= 0.6 is 0 Å². The first-order valence-corrected chi connectivity index (χ1v) is 44.8. The van der Waals surface area contributed by atoms with E-state index >= 15 is 0 Å². The van der Waals surface area contributed by atoms with Crippen LogP contribution in [0, 0.1) is 11.3 Å². The number of morpholine rings is 1. The molecular formula is C86H95N24O9S3+. The summed E-state index contributed by atoms with van der Waals surface area (Å²) in [4.78, 5) is 81.3. The van der Waals surface area contributed by atoms with E-state index in [2.05, 4.69) is 113 Å². The third kappa shape index (κ3) is 19.6. The molecule has 2 saturated carbocycles. The van der Waals surface area contributed by atoms with Gasteiger partial charge in [-0.15, -0.1) is 4.68 Å². The Balaban J connectivity index is 0.000000136. The Kier molecular flexibility index (Phi) is 25.7. The number of ether oxygens (including phenoxy) is 2. The lowest BCUT2D eigenvalue weighted by Gasteiger charge is -2.30. The summed E-state index contributed by atoms with van der Waals surface area (Å²) in [7, 11) is 2.72. The number of aryl methyl sites for hydroxylation is 2. The molecule has 3 saturated heterocycles. The fourth-order valence-electron chi connectivity index (χ4n) is 15.6. The second-order valence-electron chi connectivity index (χ2n) is 31.4. The van der Waals surface area contributed by atoms with E-state index in [1.54, 1.807) is 73.2 Å². The Morgan fingerprint density at radius 3 is 1.89 bits per heavy atom. The highest BCUT2D eigenvalue weighted by atomic mass is 32.2. The number of H-pyrrole nitrogens is 1. The number of nitrogens with zero attached hydrogens (tertiary/aromatic N) is 18. The molecule has 5 atom stereocenters. The van der Waals surface area contributed by atoms with E-state index in [0.29, 0.717) is 79.4 Å².